The number of benzene rings is 2. The second-order valence-electron chi connectivity index (χ2n) is 3.89. The Morgan fingerprint density at radius 2 is 1.84 bits per heavy atom. The first-order chi connectivity index (χ1) is 9.25. The summed E-state index contributed by atoms with van der Waals surface area (Å²) in [7, 11) is 0. The quantitative estimate of drug-likeness (QED) is 0.787. The monoisotopic (exact) mass is 271 g/mol. The Hall–Kier alpha value is -2.40. The summed E-state index contributed by atoms with van der Waals surface area (Å²) in [6, 6.07) is 14.1. The topological polar surface area (TPSA) is 59.4 Å². The molecule has 0 aliphatic heterocycles. The van der Waals surface area contributed by atoms with Crippen LogP contribution in [0.1, 0.15) is 10.4 Å². The average molecular weight is 271 g/mol. The summed E-state index contributed by atoms with van der Waals surface area (Å²) >= 11 is 1.21. The Labute approximate surface area is 113 Å². The molecule has 0 spiro atoms. The number of carboxylic acids is 1. The summed E-state index contributed by atoms with van der Waals surface area (Å²) in [5, 5.41) is 10.6. The van der Waals surface area contributed by atoms with E-state index in [0.29, 0.717) is 10.8 Å². The molecule has 1 heterocycles. The van der Waals surface area contributed by atoms with Crippen molar-refractivity contribution < 1.29 is 14.6 Å². The van der Waals surface area contributed by atoms with E-state index in [2.05, 4.69) is 4.37 Å². The molecular weight excluding hydrogens is 262 g/mol. The predicted molar refractivity (Wildman–Crippen MR) is 73.1 cm³/mol. The Balaban J connectivity index is 2.04. The molecule has 94 valence electrons. The van der Waals surface area contributed by atoms with Crippen molar-refractivity contribution in [2.24, 2.45) is 0 Å². The summed E-state index contributed by atoms with van der Waals surface area (Å²) in [4.78, 5) is 11.1. The average Bonchev–Trinajstić information content (AvgIpc) is 2.83. The minimum absolute atomic E-state index is 0.139. The highest BCUT2D eigenvalue weighted by Gasteiger charge is 2.13. The molecule has 3 rings (SSSR count). The maximum absolute atomic E-state index is 11.1. The maximum atomic E-state index is 11.1. The number of rotatable bonds is 3. The van der Waals surface area contributed by atoms with Crippen molar-refractivity contribution in [3.63, 3.8) is 0 Å². The second kappa shape index (κ2) is 4.70. The first-order valence-corrected chi connectivity index (χ1v) is 6.37. The van der Waals surface area contributed by atoms with Crippen LogP contribution in [0.15, 0.2) is 48.5 Å². The zero-order chi connectivity index (χ0) is 13.2. The number of hydrogen-bond donors (Lipinski definition) is 1. The Morgan fingerprint density at radius 3 is 2.68 bits per heavy atom. The maximum Gasteiger partial charge on any atom is 0.339 e. The lowest BCUT2D eigenvalue weighted by atomic mass is 10.2. The zero-order valence-electron chi connectivity index (χ0n) is 9.74. The van der Waals surface area contributed by atoms with Crippen LogP contribution in [0, 0.1) is 0 Å². The third-order valence-electron chi connectivity index (χ3n) is 2.67. The summed E-state index contributed by atoms with van der Waals surface area (Å²) in [5.74, 6) is -0.686. The molecule has 0 amide bonds. The number of aromatic carboxylic acids is 1. The van der Waals surface area contributed by atoms with Gasteiger partial charge in [0, 0.05) is 11.5 Å². The number of fused-ring (bicyclic) bond motifs is 1. The lowest BCUT2D eigenvalue weighted by molar-refractivity contribution is 0.0694. The third-order valence-corrected chi connectivity index (χ3v) is 3.43. The van der Waals surface area contributed by atoms with Crippen molar-refractivity contribution >= 4 is 28.4 Å². The van der Waals surface area contributed by atoms with Crippen LogP contribution in [0.25, 0.3) is 10.9 Å². The van der Waals surface area contributed by atoms with Crippen LogP contribution in [-0.2, 0) is 0 Å². The van der Waals surface area contributed by atoms with E-state index in [1.807, 2.05) is 24.3 Å². The number of carboxylic acid groups (broad SMARTS) is 1. The van der Waals surface area contributed by atoms with Gasteiger partial charge in [0.25, 0.3) is 0 Å². The Morgan fingerprint density at radius 1 is 1.11 bits per heavy atom. The molecule has 0 aliphatic carbocycles. The molecule has 0 bridgehead atoms. The highest BCUT2D eigenvalue weighted by Crippen LogP contribution is 2.34. The lowest BCUT2D eigenvalue weighted by Crippen LogP contribution is -1.98. The fourth-order valence-electron chi connectivity index (χ4n) is 1.77. The molecule has 4 nitrogen and oxygen atoms in total. The molecule has 19 heavy (non-hydrogen) atoms. The summed E-state index contributed by atoms with van der Waals surface area (Å²) in [6.07, 6.45) is 0. The molecule has 3 aromatic rings. The number of hydrogen-bond acceptors (Lipinski definition) is 4. The number of para-hydroxylation sites is 1. The molecule has 0 saturated heterocycles. The summed E-state index contributed by atoms with van der Waals surface area (Å²) in [6.45, 7) is 0. The fourth-order valence-corrected chi connectivity index (χ4v) is 2.51. The number of aromatic nitrogens is 1. The minimum atomic E-state index is -1.01. The van der Waals surface area contributed by atoms with Crippen LogP contribution in [0.3, 0.4) is 0 Å². The largest absolute Gasteiger partial charge is 0.478 e. The minimum Gasteiger partial charge on any atom is -0.478 e. The number of carbonyl (C=O) groups is 1. The standard InChI is InChI=1S/C14H9NO3S/c16-13(17)10-6-2-4-8-12(10)18-14-9-5-1-3-7-11(9)15-19-14/h1-8H,(H,16,17). The Kier molecular flexibility index (Phi) is 2.89. The third kappa shape index (κ3) is 2.15. The summed E-state index contributed by atoms with van der Waals surface area (Å²) in [5.41, 5.74) is 0.982. The molecule has 0 fully saturated rings. The van der Waals surface area contributed by atoms with Crippen LogP contribution < -0.4 is 4.74 Å². The molecule has 1 aromatic heterocycles. The van der Waals surface area contributed by atoms with Gasteiger partial charge in [-0.05, 0) is 24.3 Å². The molecule has 1 N–H and O–H groups in total. The smallest absolute Gasteiger partial charge is 0.339 e. The van der Waals surface area contributed by atoms with Gasteiger partial charge in [-0.15, -0.1) is 0 Å². The van der Waals surface area contributed by atoms with Crippen molar-refractivity contribution in [2.75, 3.05) is 0 Å². The Bertz CT molecular complexity index is 751. The predicted octanol–water partition coefficient (Wildman–Crippen LogP) is 3.79. The first kappa shape index (κ1) is 11.7. The van der Waals surface area contributed by atoms with Crippen LogP contribution >= 0.6 is 11.5 Å². The number of ether oxygens (including phenoxy) is 1. The van der Waals surface area contributed by atoms with E-state index in [0.717, 1.165) is 10.9 Å². The number of nitrogens with zero attached hydrogens (tertiary/aromatic N) is 1. The summed E-state index contributed by atoms with van der Waals surface area (Å²) < 4.78 is 9.96. The van der Waals surface area contributed by atoms with Crippen LogP contribution in [0.2, 0.25) is 0 Å². The van der Waals surface area contributed by atoms with Crippen LogP contribution in [0.4, 0.5) is 0 Å². The normalized spacial score (nSPS) is 10.5. The SMILES string of the molecule is O=C(O)c1ccccc1Oc1snc2ccccc12. The fraction of sp³-hybridized carbons (Fsp3) is 0. The van der Waals surface area contributed by atoms with Crippen molar-refractivity contribution in [1.82, 2.24) is 4.37 Å². The van der Waals surface area contributed by atoms with Crippen molar-refractivity contribution in [3.05, 3.63) is 54.1 Å². The van der Waals surface area contributed by atoms with Gasteiger partial charge >= 0.3 is 5.97 Å². The second-order valence-corrected chi connectivity index (χ2v) is 4.63. The van der Waals surface area contributed by atoms with Crippen LogP contribution in [0.5, 0.6) is 10.8 Å². The van der Waals surface area contributed by atoms with Crippen molar-refractivity contribution in [3.8, 4) is 10.8 Å². The molecule has 0 radical (unpaired) electrons. The molecule has 0 unspecified atom stereocenters. The van der Waals surface area contributed by atoms with Gasteiger partial charge in [-0.1, -0.05) is 24.3 Å². The molecular formula is C14H9NO3S. The molecule has 0 saturated carbocycles. The van der Waals surface area contributed by atoms with Gasteiger partial charge in [0.2, 0.25) is 5.06 Å². The zero-order valence-corrected chi connectivity index (χ0v) is 10.6. The molecule has 2 aromatic carbocycles. The van der Waals surface area contributed by atoms with E-state index in [1.54, 1.807) is 18.2 Å². The van der Waals surface area contributed by atoms with E-state index >= 15 is 0 Å². The van der Waals surface area contributed by atoms with E-state index < -0.39 is 5.97 Å². The van der Waals surface area contributed by atoms with Gasteiger partial charge in [-0.25, -0.2) is 4.79 Å². The lowest BCUT2D eigenvalue weighted by Gasteiger charge is -2.06. The van der Waals surface area contributed by atoms with Crippen molar-refractivity contribution in [2.45, 2.75) is 0 Å². The van der Waals surface area contributed by atoms with Gasteiger partial charge in [0.05, 0.1) is 10.9 Å². The van der Waals surface area contributed by atoms with Crippen LogP contribution in [-0.4, -0.2) is 15.4 Å². The van der Waals surface area contributed by atoms with Gasteiger partial charge in [-0.2, -0.15) is 4.37 Å². The highest BCUT2D eigenvalue weighted by molar-refractivity contribution is 7.09. The van der Waals surface area contributed by atoms with Crippen molar-refractivity contribution in [1.29, 1.82) is 0 Å². The van der Waals surface area contributed by atoms with E-state index in [-0.39, 0.29) is 5.56 Å². The van der Waals surface area contributed by atoms with E-state index in [4.69, 9.17) is 9.84 Å². The molecule has 5 heteroatoms. The van der Waals surface area contributed by atoms with E-state index in [1.165, 1.54) is 17.6 Å². The molecule has 0 aliphatic rings. The van der Waals surface area contributed by atoms with Gasteiger partial charge < -0.3 is 9.84 Å². The van der Waals surface area contributed by atoms with Gasteiger partial charge in [0.15, 0.2) is 0 Å². The highest BCUT2D eigenvalue weighted by atomic mass is 32.1. The van der Waals surface area contributed by atoms with Gasteiger partial charge in [0.1, 0.15) is 11.3 Å². The van der Waals surface area contributed by atoms with Gasteiger partial charge in [-0.3, -0.25) is 0 Å². The molecule has 0 atom stereocenters. The first-order valence-electron chi connectivity index (χ1n) is 5.60. The van der Waals surface area contributed by atoms with E-state index in [9.17, 15) is 4.79 Å².